The van der Waals surface area contributed by atoms with Crippen LogP contribution in [0.4, 0.5) is 22.0 Å². The molecule has 1 heterocycles. The van der Waals surface area contributed by atoms with Gasteiger partial charge in [0.15, 0.2) is 5.75 Å². The summed E-state index contributed by atoms with van der Waals surface area (Å²) in [4.78, 5) is 3.43. The molecule has 0 spiro atoms. The monoisotopic (exact) mass is 330 g/mol. The van der Waals surface area contributed by atoms with Gasteiger partial charge in [0.2, 0.25) is 0 Å². The Morgan fingerprint density at radius 2 is 2.06 bits per heavy atom. The predicted octanol–water partition coefficient (Wildman–Crippen LogP) is 3.75. The van der Waals surface area contributed by atoms with Gasteiger partial charge in [0.1, 0.15) is 4.60 Å². The van der Waals surface area contributed by atoms with Gasteiger partial charge in [0, 0.05) is 5.56 Å². The molecule has 0 saturated heterocycles. The van der Waals surface area contributed by atoms with E-state index in [1.165, 1.54) is 0 Å². The summed E-state index contributed by atoms with van der Waals surface area (Å²) in [6.07, 6.45) is -8.31. The first-order valence-electron chi connectivity index (χ1n) is 4.34. The second-order valence-corrected chi connectivity index (χ2v) is 3.74. The van der Waals surface area contributed by atoms with Crippen LogP contribution in [0.25, 0.3) is 0 Å². The molecule has 9 heteroatoms. The van der Waals surface area contributed by atoms with Gasteiger partial charge < -0.3 is 4.74 Å². The van der Waals surface area contributed by atoms with Crippen LogP contribution in [0.3, 0.4) is 0 Å². The highest BCUT2D eigenvalue weighted by Crippen LogP contribution is 2.37. The van der Waals surface area contributed by atoms with Gasteiger partial charge in [-0.05, 0) is 15.9 Å². The van der Waals surface area contributed by atoms with Crippen molar-refractivity contribution in [1.29, 1.82) is 5.26 Å². The average Bonchev–Trinajstić information content (AvgIpc) is 2.20. The number of nitrogens with zero attached hydrogens (tertiary/aromatic N) is 2. The second-order valence-electron chi connectivity index (χ2n) is 2.99. The number of hydrogen-bond donors (Lipinski definition) is 0. The third-order valence-electron chi connectivity index (χ3n) is 1.83. The summed E-state index contributed by atoms with van der Waals surface area (Å²) in [5, 5.41) is 8.47. The van der Waals surface area contributed by atoms with E-state index in [0.717, 1.165) is 0 Å². The highest BCUT2D eigenvalue weighted by Gasteiger charge is 2.34. The maximum atomic E-state index is 12.8. The van der Waals surface area contributed by atoms with Crippen LogP contribution in [0.5, 0.6) is 5.75 Å². The summed E-state index contributed by atoms with van der Waals surface area (Å²) < 4.78 is 65.0. The van der Waals surface area contributed by atoms with Crippen LogP contribution in [0.2, 0.25) is 0 Å². The first-order valence-corrected chi connectivity index (χ1v) is 5.13. The number of aromatic nitrogens is 1. The number of ether oxygens (including phenoxy) is 1. The van der Waals surface area contributed by atoms with Gasteiger partial charge in [-0.25, -0.2) is 13.8 Å². The first kappa shape index (κ1) is 14.6. The highest BCUT2D eigenvalue weighted by atomic mass is 79.9. The number of nitriles is 1. The van der Waals surface area contributed by atoms with Crippen LogP contribution >= 0.6 is 15.9 Å². The molecule has 3 nitrogen and oxygen atoms in total. The SMILES string of the molecule is N#CCc1c(Br)ncc(OC(F)(F)F)c1C(F)F. The Morgan fingerprint density at radius 3 is 2.50 bits per heavy atom. The molecule has 0 aliphatic heterocycles. The van der Waals surface area contributed by atoms with Gasteiger partial charge in [0.25, 0.3) is 6.43 Å². The van der Waals surface area contributed by atoms with Gasteiger partial charge >= 0.3 is 6.36 Å². The van der Waals surface area contributed by atoms with E-state index >= 15 is 0 Å². The molecule has 0 N–H and O–H groups in total. The zero-order valence-corrected chi connectivity index (χ0v) is 10.0. The molecule has 0 aromatic carbocycles. The van der Waals surface area contributed by atoms with Crippen molar-refractivity contribution in [2.24, 2.45) is 0 Å². The summed E-state index contributed by atoms with van der Waals surface area (Å²) in [5.74, 6) is -1.11. The Balaban J connectivity index is 3.35. The van der Waals surface area contributed by atoms with Crippen molar-refractivity contribution >= 4 is 15.9 Å². The zero-order chi connectivity index (χ0) is 13.9. The largest absolute Gasteiger partial charge is 0.573 e. The fourth-order valence-electron chi connectivity index (χ4n) is 1.22. The van der Waals surface area contributed by atoms with Crippen LogP contribution in [-0.2, 0) is 6.42 Å². The summed E-state index contributed by atoms with van der Waals surface area (Å²) in [7, 11) is 0. The minimum atomic E-state index is -5.11. The fourth-order valence-corrected chi connectivity index (χ4v) is 1.67. The summed E-state index contributed by atoms with van der Waals surface area (Å²) in [6.45, 7) is 0. The topological polar surface area (TPSA) is 45.9 Å². The summed E-state index contributed by atoms with van der Waals surface area (Å²) >= 11 is 2.80. The second kappa shape index (κ2) is 5.48. The van der Waals surface area contributed by atoms with E-state index in [-0.39, 0.29) is 10.2 Å². The third-order valence-corrected chi connectivity index (χ3v) is 2.52. The van der Waals surface area contributed by atoms with Gasteiger partial charge in [-0.3, -0.25) is 0 Å². The molecule has 0 aliphatic rings. The van der Waals surface area contributed by atoms with Crippen LogP contribution in [0.15, 0.2) is 10.8 Å². The number of pyridine rings is 1. The summed E-state index contributed by atoms with van der Waals surface area (Å²) in [6, 6.07) is 1.57. The standard InChI is InChI=1S/C9H4BrF5N2O/c10-7-4(1-2-16)6(8(11)12)5(3-17-7)18-9(13,14)15/h3,8H,1H2. The minimum Gasteiger partial charge on any atom is -0.404 e. The molecule has 0 fully saturated rings. The molecule has 18 heavy (non-hydrogen) atoms. The molecule has 98 valence electrons. The van der Waals surface area contributed by atoms with E-state index in [0.29, 0.717) is 6.20 Å². The van der Waals surface area contributed by atoms with Gasteiger partial charge in [0.05, 0.1) is 24.3 Å². The first-order chi connectivity index (χ1) is 8.26. The number of rotatable bonds is 3. The Kier molecular flexibility index (Phi) is 4.45. The predicted molar refractivity (Wildman–Crippen MR) is 52.9 cm³/mol. The molecular weight excluding hydrogens is 327 g/mol. The van der Waals surface area contributed by atoms with E-state index in [1.54, 1.807) is 6.07 Å². The van der Waals surface area contributed by atoms with Crippen molar-refractivity contribution in [2.75, 3.05) is 0 Å². The molecule has 0 saturated carbocycles. The van der Waals surface area contributed by atoms with Gasteiger partial charge in [-0.15, -0.1) is 13.2 Å². The van der Waals surface area contributed by atoms with Crippen molar-refractivity contribution in [2.45, 2.75) is 19.2 Å². The lowest BCUT2D eigenvalue weighted by molar-refractivity contribution is -0.275. The van der Waals surface area contributed by atoms with E-state index < -0.39 is 30.5 Å². The van der Waals surface area contributed by atoms with E-state index in [9.17, 15) is 22.0 Å². The fraction of sp³-hybridized carbons (Fsp3) is 0.333. The molecule has 0 aliphatic carbocycles. The molecule has 0 atom stereocenters. The molecule has 1 aromatic heterocycles. The zero-order valence-electron chi connectivity index (χ0n) is 8.43. The van der Waals surface area contributed by atoms with E-state index in [1.807, 2.05) is 0 Å². The minimum absolute atomic E-state index is 0.117. The lowest BCUT2D eigenvalue weighted by Gasteiger charge is -2.15. The molecular formula is C9H4BrF5N2O. The van der Waals surface area contributed by atoms with E-state index in [4.69, 9.17) is 5.26 Å². The molecule has 1 aromatic rings. The lowest BCUT2D eigenvalue weighted by Crippen LogP contribution is -2.19. The van der Waals surface area contributed by atoms with Crippen LogP contribution in [-0.4, -0.2) is 11.3 Å². The smallest absolute Gasteiger partial charge is 0.404 e. The third kappa shape index (κ3) is 3.53. The number of alkyl halides is 5. The number of halogens is 6. The maximum absolute atomic E-state index is 12.8. The maximum Gasteiger partial charge on any atom is 0.573 e. The highest BCUT2D eigenvalue weighted by molar-refractivity contribution is 9.10. The molecule has 0 bridgehead atoms. The van der Waals surface area contributed by atoms with Crippen molar-refractivity contribution < 1.29 is 26.7 Å². The lowest BCUT2D eigenvalue weighted by atomic mass is 10.1. The van der Waals surface area contributed by atoms with Gasteiger partial charge in [-0.2, -0.15) is 5.26 Å². The molecule has 0 unspecified atom stereocenters. The Bertz CT molecular complexity index is 483. The molecule has 0 radical (unpaired) electrons. The Labute approximate surface area is 106 Å². The normalized spacial score (nSPS) is 11.4. The van der Waals surface area contributed by atoms with Crippen LogP contribution < -0.4 is 4.74 Å². The van der Waals surface area contributed by atoms with Crippen molar-refractivity contribution in [3.05, 3.63) is 21.9 Å². The Hall–Kier alpha value is -1.43. The van der Waals surface area contributed by atoms with Gasteiger partial charge in [-0.1, -0.05) is 0 Å². The average molecular weight is 331 g/mol. The van der Waals surface area contributed by atoms with Crippen molar-refractivity contribution in [3.8, 4) is 11.8 Å². The Morgan fingerprint density at radius 1 is 1.44 bits per heavy atom. The number of hydrogen-bond acceptors (Lipinski definition) is 3. The van der Waals surface area contributed by atoms with Crippen molar-refractivity contribution in [1.82, 2.24) is 4.98 Å². The quantitative estimate of drug-likeness (QED) is 0.626. The van der Waals surface area contributed by atoms with Crippen molar-refractivity contribution in [3.63, 3.8) is 0 Å². The summed E-state index contributed by atoms with van der Waals surface area (Å²) in [5.41, 5.74) is -1.31. The van der Waals surface area contributed by atoms with Crippen LogP contribution in [0, 0.1) is 11.3 Å². The van der Waals surface area contributed by atoms with E-state index in [2.05, 4.69) is 25.7 Å². The molecule has 1 rings (SSSR count). The molecule has 0 amide bonds. The van der Waals surface area contributed by atoms with Crippen LogP contribution in [0.1, 0.15) is 17.6 Å².